The third-order valence-corrected chi connectivity index (χ3v) is 4.45. The first kappa shape index (κ1) is 13.9. The van der Waals surface area contributed by atoms with Gasteiger partial charge in [0, 0.05) is 15.5 Å². The molecule has 0 spiro atoms. The number of hydrogen-bond acceptors (Lipinski definition) is 3. The molecule has 2 aromatic rings. The Morgan fingerprint density at radius 1 is 1.06 bits per heavy atom. The zero-order chi connectivity index (χ0) is 13.3. The maximum Gasteiger partial charge on any atom is 0.136 e. The highest BCUT2D eigenvalue weighted by Gasteiger charge is 2.11. The van der Waals surface area contributed by atoms with Crippen molar-refractivity contribution in [3.8, 4) is 0 Å². The Morgan fingerprint density at radius 2 is 1.78 bits per heavy atom. The largest absolute Gasteiger partial charge is 0.226 e. The van der Waals surface area contributed by atoms with E-state index in [4.69, 9.17) is 34.8 Å². The van der Waals surface area contributed by atoms with Gasteiger partial charge in [-0.3, -0.25) is 0 Å². The Hall–Kier alpha value is -0.480. The first-order valence-corrected chi connectivity index (χ1v) is 7.06. The normalized spacial score (nSPS) is 10.7. The lowest BCUT2D eigenvalue weighted by Crippen LogP contribution is -1.95. The molecule has 94 valence electrons. The van der Waals surface area contributed by atoms with Gasteiger partial charge in [-0.1, -0.05) is 46.6 Å². The molecule has 0 unspecified atom stereocenters. The van der Waals surface area contributed by atoms with Gasteiger partial charge in [0.05, 0.1) is 5.02 Å². The molecule has 1 aromatic heterocycles. The van der Waals surface area contributed by atoms with Gasteiger partial charge in [0.1, 0.15) is 16.0 Å². The Morgan fingerprint density at radius 3 is 2.50 bits per heavy atom. The Labute approximate surface area is 125 Å². The molecule has 0 fully saturated rings. The van der Waals surface area contributed by atoms with Crippen molar-refractivity contribution in [3.05, 3.63) is 44.8 Å². The van der Waals surface area contributed by atoms with Crippen molar-refractivity contribution in [2.24, 2.45) is 0 Å². The minimum Gasteiger partial charge on any atom is -0.226 e. The fourth-order valence-corrected chi connectivity index (χ4v) is 3.05. The number of benzene rings is 1. The van der Waals surface area contributed by atoms with E-state index in [-0.39, 0.29) is 0 Å². The van der Waals surface area contributed by atoms with E-state index in [1.165, 1.54) is 11.8 Å². The number of aromatic nitrogens is 2. The van der Waals surface area contributed by atoms with Gasteiger partial charge < -0.3 is 0 Å². The molecule has 0 N–H and O–H groups in total. The molecule has 1 heterocycles. The van der Waals surface area contributed by atoms with E-state index in [0.717, 1.165) is 15.5 Å². The van der Waals surface area contributed by atoms with Crippen LogP contribution in [-0.2, 0) is 0 Å². The Kier molecular flexibility index (Phi) is 4.38. The lowest BCUT2D eigenvalue weighted by molar-refractivity contribution is 0.938. The van der Waals surface area contributed by atoms with E-state index < -0.39 is 0 Å². The lowest BCUT2D eigenvalue weighted by atomic mass is 10.4. The minimum atomic E-state index is 0.461. The van der Waals surface area contributed by atoms with E-state index in [2.05, 4.69) is 9.97 Å². The first-order chi connectivity index (χ1) is 8.47. The van der Waals surface area contributed by atoms with Crippen molar-refractivity contribution >= 4 is 46.6 Å². The molecule has 0 radical (unpaired) electrons. The van der Waals surface area contributed by atoms with E-state index in [0.29, 0.717) is 21.0 Å². The number of hydrogen-bond donors (Lipinski definition) is 0. The molecule has 0 aliphatic carbocycles. The molecule has 2 rings (SSSR count). The second kappa shape index (κ2) is 5.66. The maximum atomic E-state index is 6.12. The molecule has 0 amide bonds. The second-order valence-corrected chi connectivity index (χ2v) is 5.90. The predicted molar refractivity (Wildman–Crippen MR) is 77.1 cm³/mol. The third-order valence-electron chi connectivity index (χ3n) is 2.25. The second-order valence-electron chi connectivity index (χ2n) is 3.67. The van der Waals surface area contributed by atoms with Gasteiger partial charge in [-0.15, -0.1) is 0 Å². The van der Waals surface area contributed by atoms with Crippen LogP contribution in [0, 0.1) is 13.8 Å². The van der Waals surface area contributed by atoms with Crippen LogP contribution < -0.4 is 0 Å². The number of nitrogens with zero attached hydrogens (tertiary/aromatic N) is 2. The summed E-state index contributed by atoms with van der Waals surface area (Å²) in [5, 5.41) is 2.52. The molecule has 0 aliphatic rings. The summed E-state index contributed by atoms with van der Waals surface area (Å²) in [6, 6.07) is 5.32. The van der Waals surface area contributed by atoms with Crippen molar-refractivity contribution in [1.29, 1.82) is 0 Å². The summed E-state index contributed by atoms with van der Waals surface area (Å²) in [6.45, 7) is 3.68. The van der Waals surface area contributed by atoms with Gasteiger partial charge in [-0.25, -0.2) is 9.97 Å². The summed E-state index contributed by atoms with van der Waals surface area (Å²) in [5.41, 5.74) is 0.836. The van der Waals surface area contributed by atoms with Crippen molar-refractivity contribution in [1.82, 2.24) is 9.97 Å². The molecular formula is C12H9Cl3N2S. The van der Waals surface area contributed by atoms with Gasteiger partial charge in [0.25, 0.3) is 0 Å². The third kappa shape index (κ3) is 3.09. The van der Waals surface area contributed by atoms with Crippen LogP contribution in [0.5, 0.6) is 0 Å². The van der Waals surface area contributed by atoms with E-state index in [1.54, 1.807) is 25.1 Å². The quantitative estimate of drug-likeness (QED) is 0.711. The fraction of sp³-hybridized carbons (Fsp3) is 0.167. The number of halogens is 3. The maximum absolute atomic E-state index is 6.12. The summed E-state index contributed by atoms with van der Waals surface area (Å²) in [4.78, 5) is 9.31. The van der Waals surface area contributed by atoms with Gasteiger partial charge in [0.2, 0.25) is 0 Å². The Bertz CT molecular complexity index is 602. The molecule has 0 bridgehead atoms. The highest BCUT2D eigenvalue weighted by atomic mass is 35.5. The zero-order valence-corrected chi connectivity index (χ0v) is 12.8. The molecule has 18 heavy (non-hydrogen) atoms. The minimum absolute atomic E-state index is 0.461. The van der Waals surface area contributed by atoms with Crippen LogP contribution in [0.25, 0.3) is 0 Å². The summed E-state index contributed by atoms with van der Waals surface area (Å²) >= 11 is 19.5. The molecule has 0 saturated heterocycles. The van der Waals surface area contributed by atoms with Crippen LogP contribution in [0.3, 0.4) is 0 Å². The predicted octanol–water partition coefficient (Wildman–Crippen LogP) is 5.20. The first-order valence-electron chi connectivity index (χ1n) is 5.11. The SMILES string of the molecule is Cc1nc(Cl)c(C)c(Sc2cc(Cl)ccc2Cl)n1. The van der Waals surface area contributed by atoms with E-state index in [1.807, 2.05) is 6.92 Å². The molecule has 0 atom stereocenters. The van der Waals surface area contributed by atoms with Crippen LogP contribution in [0.1, 0.15) is 11.4 Å². The van der Waals surface area contributed by atoms with Gasteiger partial charge in [-0.05, 0) is 32.0 Å². The highest BCUT2D eigenvalue weighted by molar-refractivity contribution is 7.99. The van der Waals surface area contributed by atoms with Crippen molar-refractivity contribution in [3.63, 3.8) is 0 Å². The fourth-order valence-electron chi connectivity index (χ4n) is 1.33. The summed E-state index contributed by atoms with van der Waals surface area (Å²) in [7, 11) is 0. The van der Waals surface area contributed by atoms with Crippen molar-refractivity contribution < 1.29 is 0 Å². The average Bonchev–Trinajstić information content (AvgIpc) is 2.30. The van der Waals surface area contributed by atoms with Gasteiger partial charge >= 0.3 is 0 Å². The summed E-state index contributed by atoms with van der Waals surface area (Å²) in [6.07, 6.45) is 0. The monoisotopic (exact) mass is 318 g/mol. The summed E-state index contributed by atoms with van der Waals surface area (Å²) in [5.74, 6) is 0.631. The standard InChI is InChI=1S/C12H9Cl3N2S/c1-6-11(15)16-7(2)17-12(6)18-10-5-8(13)3-4-9(10)14/h3-5H,1-2H3. The molecular weight excluding hydrogens is 311 g/mol. The molecule has 2 nitrogen and oxygen atoms in total. The van der Waals surface area contributed by atoms with Crippen molar-refractivity contribution in [2.75, 3.05) is 0 Å². The highest BCUT2D eigenvalue weighted by Crippen LogP contribution is 2.36. The molecule has 0 saturated carbocycles. The van der Waals surface area contributed by atoms with E-state index in [9.17, 15) is 0 Å². The van der Waals surface area contributed by atoms with Crippen LogP contribution in [-0.4, -0.2) is 9.97 Å². The van der Waals surface area contributed by atoms with Crippen LogP contribution in [0.4, 0.5) is 0 Å². The number of aryl methyl sites for hydroxylation is 1. The Balaban J connectivity index is 2.43. The molecule has 6 heteroatoms. The lowest BCUT2D eigenvalue weighted by Gasteiger charge is -2.08. The van der Waals surface area contributed by atoms with Crippen LogP contribution in [0.15, 0.2) is 28.1 Å². The van der Waals surface area contributed by atoms with Crippen LogP contribution >= 0.6 is 46.6 Å². The zero-order valence-electron chi connectivity index (χ0n) is 9.67. The van der Waals surface area contributed by atoms with E-state index >= 15 is 0 Å². The van der Waals surface area contributed by atoms with Crippen LogP contribution in [0.2, 0.25) is 15.2 Å². The molecule has 0 aliphatic heterocycles. The smallest absolute Gasteiger partial charge is 0.136 e. The average molecular weight is 320 g/mol. The van der Waals surface area contributed by atoms with Gasteiger partial charge in [-0.2, -0.15) is 0 Å². The topological polar surface area (TPSA) is 25.8 Å². The summed E-state index contributed by atoms with van der Waals surface area (Å²) < 4.78 is 0. The molecule has 1 aromatic carbocycles. The van der Waals surface area contributed by atoms with Gasteiger partial charge in [0.15, 0.2) is 0 Å². The number of rotatable bonds is 2. The van der Waals surface area contributed by atoms with Crippen molar-refractivity contribution in [2.45, 2.75) is 23.8 Å².